The topological polar surface area (TPSA) is 44.8 Å². The van der Waals surface area contributed by atoms with Crippen molar-refractivity contribution in [2.45, 2.75) is 77.7 Å². The number of carbonyl (C=O) groups excluding carboxylic acids is 1. The van der Waals surface area contributed by atoms with Crippen LogP contribution in [0.4, 0.5) is 0 Å². The third kappa shape index (κ3) is 4.13. The fourth-order valence-corrected chi connectivity index (χ4v) is 3.39. The normalized spacial score (nSPS) is 26.3. The molecule has 1 heterocycles. The molecule has 0 aromatic heterocycles. The predicted molar refractivity (Wildman–Crippen MR) is 82.2 cm³/mol. The van der Waals surface area contributed by atoms with Gasteiger partial charge in [0.25, 0.3) is 0 Å². The Balaban J connectivity index is 2.89. The van der Waals surface area contributed by atoms with Crippen molar-refractivity contribution < 1.29 is 18.7 Å². The molecule has 1 saturated heterocycles. The Hall–Kier alpha value is -0.233. The van der Waals surface area contributed by atoms with Crippen molar-refractivity contribution in [1.82, 2.24) is 0 Å². The highest BCUT2D eigenvalue weighted by Gasteiger charge is 2.45. The summed E-state index contributed by atoms with van der Waals surface area (Å²) in [4.78, 5) is 11.2. The van der Waals surface area contributed by atoms with Gasteiger partial charge < -0.3 is 18.7 Å². The first-order valence-electron chi connectivity index (χ1n) is 7.34. The Kier molecular flexibility index (Phi) is 5.23. The molecule has 20 heavy (non-hydrogen) atoms. The lowest BCUT2D eigenvalue weighted by Gasteiger charge is -2.41. The smallest absolute Gasteiger partial charge is 0.192 e. The first-order chi connectivity index (χ1) is 8.89. The second-order valence-corrected chi connectivity index (χ2v) is 12.5. The molecule has 0 bridgehead atoms. The van der Waals surface area contributed by atoms with Crippen LogP contribution in [-0.2, 0) is 18.7 Å². The zero-order valence-corrected chi connectivity index (χ0v) is 15.1. The Morgan fingerprint density at radius 1 is 1.35 bits per heavy atom. The SMILES string of the molecule is C[C@H](C=O)[C@H](O[Si](C)(C)C(C)(C)C)[C@H]1COC(C)(C)O1. The van der Waals surface area contributed by atoms with E-state index >= 15 is 0 Å². The molecular weight excluding hydrogens is 272 g/mol. The van der Waals surface area contributed by atoms with Gasteiger partial charge in [-0.25, -0.2) is 0 Å². The summed E-state index contributed by atoms with van der Waals surface area (Å²) in [7, 11) is -1.96. The van der Waals surface area contributed by atoms with Crippen LogP contribution in [0, 0.1) is 5.92 Å². The van der Waals surface area contributed by atoms with Crippen LogP contribution in [0.1, 0.15) is 41.5 Å². The molecular formula is C15H30O4Si. The molecule has 0 unspecified atom stereocenters. The largest absolute Gasteiger partial charge is 0.410 e. The highest BCUT2D eigenvalue weighted by molar-refractivity contribution is 6.74. The number of ether oxygens (including phenoxy) is 2. The van der Waals surface area contributed by atoms with E-state index in [4.69, 9.17) is 13.9 Å². The average molecular weight is 302 g/mol. The maximum Gasteiger partial charge on any atom is 0.192 e. The van der Waals surface area contributed by atoms with Gasteiger partial charge in [0.2, 0.25) is 0 Å². The summed E-state index contributed by atoms with van der Waals surface area (Å²) in [5.41, 5.74) is 0. The fraction of sp³-hybridized carbons (Fsp3) is 0.933. The molecule has 3 atom stereocenters. The van der Waals surface area contributed by atoms with Crippen molar-refractivity contribution >= 4 is 14.6 Å². The molecule has 0 radical (unpaired) electrons. The zero-order valence-electron chi connectivity index (χ0n) is 14.1. The average Bonchev–Trinajstić information content (AvgIpc) is 2.64. The van der Waals surface area contributed by atoms with Crippen LogP contribution in [0.2, 0.25) is 18.1 Å². The Morgan fingerprint density at radius 3 is 2.25 bits per heavy atom. The standard InChI is InChI=1S/C15H30O4Si/c1-11(9-16)13(12-10-17-15(5,6)18-12)19-20(7,8)14(2,3)4/h9,11-13H,10H2,1-8H3/t11-,12-,13+/m1/s1. The minimum absolute atomic E-state index is 0.100. The van der Waals surface area contributed by atoms with E-state index in [2.05, 4.69) is 33.9 Å². The minimum Gasteiger partial charge on any atom is -0.410 e. The molecule has 0 saturated carbocycles. The summed E-state index contributed by atoms with van der Waals surface area (Å²) in [6, 6.07) is 0. The zero-order chi connectivity index (χ0) is 15.8. The highest BCUT2D eigenvalue weighted by atomic mass is 28.4. The number of aldehydes is 1. The Morgan fingerprint density at radius 2 is 1.90 bits per heavy atom. The lowest BCUT2D eigenvalue weighted by atomic mass is 10.0. The molecule has 0 N–H and O–H groups in total. The monoisotopic (exact) mass is 302 g/mol. The molecule has 1 aliphatic rings. The van der Waals surface area contributed by atoms with Gasteiger partial charge >= 0.3 is 0 Å². The minimum atomic E-state index is -1.96. The molecule has 0 spiro atoms. The number of hydrogen-bond acceptors (Lipinski definition) is 4. The van der Waals surface area contributed by atoms with Gasteiger partial charge in [-0.15, -0.1) is 0 Å². The number of carbonyl (C=O) groups is 1. The van der Waals surface area contributed by atoms with Gasteiger partial charge in [0, 0.05) is 5.92 Å². The van der Waals surface area contributed by atoms with Gasteiger partial charge in [0.15, 0.2) is 14.1 Å². The summed E-state index contributed by atoms with van der Waals surface area (Å²) >= 11 is 0. The third-order valence-electron chi connectivity index (χ3n) is 4.37. The molecule has 0 aromatic carbocycles. The lowest BCUT2D eigenvalue weighted by Crippen LogP contribution is -2.50. The van der Waals surface area contributed by atoms with Crippen molar-refractivity contribution in [3.8, 4) is 0 Å². The van der Waals surface area contributed by atoms with Gasteiger partial charge in [0.1, 0.15) is 12.4 Å². The van der Waals surface area contributed by atoms with Crippen molar-refractivity contribution in [1.29, 1.82) is 0 Å². The van der Waals surface area contributed by atoms with Gasteiger partial charge in [0.05, 0.1) is 12.7 Å². The van der Waals surface area contributed by atoms with Gasteiger partial charge in [-0.05, 0) is 32.0 Å². The molecule has 1 aliphatic heterocycles. The lowest BCUT2D eigenvalue weighted by molar-refractivity contribution is -0.154. The van der Waals surface area contributed by atoms with Crippen LogP contribution in [0.15, 0.2) is 0 Å². The summed E-state index contributed by atoms with van der Waals surface area (Å²) in [5.74, 6) is -0.797. The van der Waals surface area contributed by atoms with Gasteiger partial charge in [-0.2, -0.15) is 0 Å². The van der Waals surface area contributed by atoms with E-state index in [9.17, 15) is 4.79 Å². The molecule has 1 fully saturated rings. The van der Waals surface area contributed by atoms with E-state index in [1.165, 1.54) is 0 Å². The quantitative estimate of drug-likeness (QED) is 0.577. The van der Waals surface area contributed by atoms with Crippen LogP contribution >= 0.6 is 0 Å². The van der Waals surface area contributed by atoms with Crippen LogP contribution in [0.25, 0.3) is 0 Å². The fourth-order valence-electron chi connectivity index (χ4n) is 1.99. The maximum absolute atomic E-state index is 11.2. The Bertz CT molecular complexity index is 346. The molecule has 5 heteroatoms. The molecule has 0 amide bonds. The van der Waals surface area contributed by atoms with Crippen molar-refractivity contribution in [3.05, 3.63) is 0 Å². The van der Waals surface area contributed by atoms with Crippen LogP contribution in [-0.4, -0.2) is 39.2 Å². The van der Waals surface area contributed by atoms with Crippen molar-refractivity contribution in [2.24, 2.45) is 5.92 Å². The van der Waals surface area contributed by atoms with E-state index in [-0.39, 0.29) is 23.2 Å². The first kappa shape index (κ1) is 17.8. The summed E-state index contributed by atoms with van der Waals surface area (Å²) < 4.78 is 18.0. The van der Waals surface area contributed by atoms with Crippen LogP contribution in [0.3, 0.4) is 0 Å². The molecule has 0 aliphatic carbocycles. The van der Waals surface area contributed by atoms with E-state index in [1.54, 1.807) is 0 Å². The molecule has 0 aromatic rings. The summed E-state index contributed by atoms with van der Waals surface area (Å²) in [6.07, 6.45) is 0.529. The van der Waals surface area contributed by atoms with Crippen molar-refractivity contribution in [2.75, 3.05) is 6.61 Å². The maximum atomic E-state index is 11.2. The van der Waals surface area contributed by atoms with Gasteiger partial charge in [-0.1, -0.05) is 27.7 Å². The summed E-state index contributed by atoms with van der Waals surface area (Å²) in [5, 5.41) is 0.100. The number of hydrogen-bond donors (Lipinski definition) is 0. The Labute approximate surface area is 124 Å². The predicted octanol–water partition coefficient (Wildman–Crippen LogP) is 3.36. The number of rotatable bonds is 5. The van der Waals surface area contributed by atoms with E-state index in [0.717, 1.165) is 6.29 Å². The van der Waals surface area contributed by atoms with E-state index in [1.807, 2.05) is 20.8 Å². The van der Waals surface area contributed by atoms with Crippen LogP contribution < -0.4 is 0 Å². The third-order valence-corrected chi connectivity index (χ3v) is 8.84. The first-order valence-corrected chi connectivity index (χ1v) is 10.3. The van der Waals surface area contributed by atoms with Gasteiger partial charge in [-0.3, -0.25) is 0 Å². The highest BCUT2D eigenvalue weighted by Crippen LogP contribution is 2.39. The van der Waals surface area contributed by atoms with E-state index in [0.29, 0.717) is 6.61 Å². The summed E-state index contributed by atoms with van der Waals surface area (Å²) in [6.45, 7) is 17.1. The molecule has 1 rings (SSSR count). The molecule has 4 nitrogen and oxygen atoms in total. The van der Waals surface area contributed by atoms with E-state index < -0.39 is 14.1 Å². The second kappa shape index (κ2) is 5.87. The van der Waals surface area contributed by atoms with Crippen LogP contribution in [0.5, 0.6) is 0 Å². The van der Waals surface area contributed by atoms with Crippen molar-refractivity contribution in [3.63, 3.8) is 0 Å². The second-order valence-electron chi connectivity index (χ2n) is 7.71. The molecule has 118 valence electrons.